The number of carbonyl (C=O) groups is 2. The van der Waals surface area contributed by atoms with Crippen LogP contribution >= 0.6 is 11.6 Å². The lowest BCUT2D eigenvalue weighted by Crippen LogP contribution is -2.17. The molecule has 0 atom stereocenters. The standard InChI is InChI=1S/C7H7ClN2O2/c1-5(11)7(12)4-10-3-6(8)2-9-10/h2-3H,4H2,1H3. The Morgan fingerprint density at radius 1 is 1.67 bits per heavy atom. The molecular weight excluding hydrogens is 180 g/mol. The number of nitrogens with zero attached hydrogens (tertiary/aromatic N) is 2. The summed E-state index contributed by atoms with van der Waals surface area (Å²) in [5.74, 6) is -0.948. The molecule has 12 heavy (non-hydrogen) atoms. The monoisotopic (exact) mass is 186 g/mol. The SMILES string of the molecule is CC(=O)C(=O)Cn1cc(Cl)cn1. The fraction of sp³-hybridized carbons (Fsp3) is 0.286. The Kier molecular flexibility index (Phi) is 2.60. The van der Waals surface area contributed by atoms with E-state index in [1.165, 1.54) is 24.0 Å². The van der Waals surface area contributed by atoms with Crippen LogP contribution in [0.4, 0.5) is 0 Å². The maximum atomic E-state index is 10.9. The Bertz CT molecular complexity index is 319. The summed E-state index contributed by atoms with van der Waals surface area (Å²) in [6.07, 6.45) is 2.90. The molecule has 0 radical (unpaired) electrons. The van der Waals surface area contributed by atoms with Crippen molar-refractivity contribution in [3.63, 3.8) is 0 Å². The molecule has 0 bridgehead atoms. The Hall–Kier alpha value is -1.16. The van der Waals surface area contributed by atoms with E-state index in [1.54, 1.807) is 0 Å². The average Bonchev–Trinajstić information content (AvgIpc) is 2.35. The predicted molar refractivity (Wildman–Crippen MR) is 42.9 cm³/mol. The van der Waals surface area contributed by atoms with Crippen molar-refractivity contribution >= 4 is 23.2 Å². The summed E-state index contributed by atoms with van der Waals surface area (Å²) in [6, 6.07) is 0. The van der Waals surface area contributed by atoms with E-state index in [2.05, 4.69) is 5.10 Å². The summed E-state index contributed by atoms with van der Waals surface area (Å²) in [5.41, 5.74) is 0. The Labute approximate surface area is 74.1 Å². The van der Waals surface area contributed by atoms with E-state index in [-0.39, 0.29) is 6.54 Å². The average molecular weight is 187 g/mol. The molecule has 0 saturated heterocycles. The Morgan fingerprint density at radius 3 is 2.75 bits per heavy atom. The van der Waals surface area contributed by atoms with E-state index in [0.29, 0.717) is 5.02 Å². The fourth-order valence-electron chi connectivity index (χ4n) is 0.683. The van der Waals surface area contributed by atoms with Crippen molar-refractivity contribution in [1.82, 2.24) is 9.78 Å². The van der Waals surface area contributed by atoms with Crippen LogP contribution in [-0.2, 0) is 16.1 Å². The lowest BCUT2D eigenvalue weighted by Gasteiger charge is -1.95. The van der Waals surface area contributed by atoms with E-state index in [0.717, 1.165) is 0 Å². The van der Waals surface area contributed by atoms with Gasteiger partial charge in [-0.2, -0.15) is 5.10 Å². The van der Waals surface area contributed by atoms with E-state index >= 15 is 0 Å². The van der Waals surface area contributed by atoms with E-state index < -0.39 is 11.6 Å². The molecule has 0 fully saturated rings. The van der Waals surface area contributed by atoms with Gasteiger partial charge < -0.3 is 0 Å². The maximum Gasteiger partial charge on any atom is 0.219 e. The molecule has 4 nitrogen and oxygen atoms in total. The minimum absolute atomic E-state index is 0.0396. The molecule has 5 heteroatoms. The first-order valence-electron chi connectivity index (χ1n) is 3.31. The first kappa shape index (κ1) is 8.93. The highest BCUT2D eigenvalue weighted by Crippen LogP contribution is 2.04. The fourth-order valence-corrected chi connectivity index (χ4v) is 0.840. The number of halogens is 1. The molecule has 1 heterocycles. The van der Waals surface area contributed by atoms with Gasteiger partial charge in [0.2, 0.25) is 5.78 Å². The van der Waals surface area contributed by atoms with E-state index in [4.69, 9.17) is 11.6 Å². The third-order valence-electron chi connectivity index (χ3n) is 1.30. The smallest absolute Gasteiger partial charge is 0.219 e. The highest BCUT2D eigenvalue weighted by Gasteiger charge is 2.08. The van der Waals surface area contributed by atoms with Gasteiger partial charge in [-0.15, -0.1) is 0 Å². The second kappa shape index (κ2) is 3.49. The molecule has 1 aromatic heterocycles. The van der Waals surface area contributed by atoms with Crippen molar-refractivity contribution in [2.24, 2.45) is 0 Å². The molecule has 0 spiro atoms. The lowest BCUT2D eigenvalue weighted by atomic mass is 10.3. The first-order chi connectivity index (χ1) is 5.59. The Morgan fingerprint density at radius 2 is 2.33 bits per heavy atom. The van der Waals surface area contributed by atoms with Gasteiger partial charge in [-0.25, -0.2) is 0 Å². The number of carbonyl (C=O) groups excluding carboxylic acids is 2. The van der Waals surface area contributed by atoms with Crippen molar-refractivity contribution in [2.75, 3.05) is 0 Å². The number of ketones is 2. The molecule has 0 N–H and O–H groups in total. The van der Waals surface area contributed by atoms with Crippen LogP contribution in [0.1, 0.15) is 6.92 Å². The van der Waals surface area contributed by atoms with Crippen molar-refractivity contribution in [2.45, 2.75) is 13.5 Å². The summed E-state index contributed by atoms with van der Waals surface area (Å²) in [6.45, 7) is 1.19. The van der Waals surface area contributed by atoms with Gasteiger partial charge in [0.05, 0.1) is 11.2 Å². The molecule has 0 saturated carbocycles. The summed E-state index contributed by atoms with van der Waals surface area (Å²) >= 11 is 5.54. The summed E-state index contributed by atoms with van der Waals surface area (Å²) in [5, 5.41) is 4.20. The molecule has 0 aliphatic carbocycles. The van der Waals surface area contributed by atoms with Crippen LogP contribution in [0.5, 0.6) is 0 Å². The van der Waals surface area contributed by atoms with Gasteiger partial charge in [0.15, 0.2) is 5.78 Å². The zero-order valence-corrected chi connectivity index (χ0v) is 7.21. The zero-order chi connectivity index (χ0) is 9.14. The van der Waals surface area contributed by atoms with Crippen molar-refractivity contribution in [3.8, 4) is 0 Å². The highest BCUT2D eigenvalue weighted by atomic mass is 35.5. The van der Waals surface area contributed by atoms with Crippen molar-refractivity contribution < 1.29 is 9.59 Å². The van der Waals surface area contributed by atoms with Gasteiger partial charge in [0, 0.05) is 13.1 Å². The normalized spacial score (nSPS) is 9.83. The molecule has 0 aromatic carbocycles. The highest BCUT2D eigenvalue weighted by molar-refractivity contribution is 6.36. The van der Waals surface area contributed by atoms with Crippen molar-refractivity contribution in [3.05, 3.63) is 17.4 Å². The molecule has 0 aliphatic rings. The number of rotatable bonds is 3. The van der Waals surface area contributed by atoms with Gasteiger partial charge in [0.1, 0.15) is 6.54 Å². The van der Waals surface area contributed by atoms with Crippen LogP contribution in [0.15, 0.2) is 12.4 Å². The Balaban J connectivity index is 2.64. The van der Waals surface area contributed by atoms with Crippen LogP contribution in [0, 0.1) is 0 Å². The van der Waals surface area contributed by atoms with Crippen LogP contribution in [-0.4, -0.2) is 21.3 Å². The molecule has 0 unspecified atom stereocenters. The van der Waals surface area contributed by atoms with Gasteiger partial charge in [-0.1, -0.05) is 11.6 Å². The molecule has 0 aliphatic heterocycles. The van der Waals surface area contributed by atoms with E-state index in [9.17, 15) is 9.59 Å². The topological polar surface area (TPSA) is 52.0 Å². The zero-order valence-electron chi connectivity index (χ0n) is 6.45. The molecule has 64 valence electrons. The van der Waals surface area contributed by atoms with Gasteiger partial charge in [-0.3, -0.25) is 14.3 Å². The lowest BCUT2D eigenvalue weighted by molar-refractivity contribution is -0.135. The number of aromatic nitrogens is 2. The van der Waals surface area contributed by atoms with Crippen LogP contribution in [0.2, 0.25) is 5.02 Å². The quantitative estimate of drug-likeness (QED) is 0.653. The first-order valence-corrected chi connectivity index (χ1v) is 3.69. The molecule has 1 rings (SSSR count). The molecule has 0 amide bonds. The van der Waals surface area contributed by atoms with Gasteiger partial charge >= 0.3 is 0 Å². The van der Waals surface area contributed by atoms with Crippen LogP contribution in [0.25, 0.3) is 0 Å². The van der Waals surface area contributed by atoms with E-state index in [1.807, 2.05) is 0 Å². The summed E-state index contributed by atoms with van der Waals surface area (Å²) in [4.78, 5) is 21.4. The number of hydrogen-bond acceptors (Lipinski definition) is 3. The predicted octanol–water partition coefficient (Wildman–Crippen LogP) is 0.695. The number of Topliss-reactive ketones (excluding diaryl/α,β-unsaturated/α-hetero) is 2. The minimum atomic E-state index is -0.477. The third kappa shape index (κ3) is 2.17. The molecular formula is C7H7ClN2O2. The van der Waals surface area contributed by atoms with Crippen molar-refractivity contribution in [1.29, 1.82) is 0 Å². The largest absolute Gasteiger partial charge is 0.291 e. The summed E-state index contributed by atoms with van der Waals surface area (Å²) < 4.78 is 1.33. The molecule has 1 aromatic rings. The maximum absolute atomic E-state index is 10.9. The minimum Gasteiger partial charge on any atom is -0.291 e. The van der Waals surface area contributed by atoms with Crippen LogP contribution in [0.3, 0.4) is 0 Å². The van der Waals surface area contributed by atoms with Gasteiger partial charge in [0.25, 0.3) is 0 Å². The van der Waals surface area contributed by atoms with Gasteiger partial charge in [-0.05, 0) is 0 Å². The van der Waals surface area contributed by atoms with Crippen LogP contribution < -0.4 is 0 Å². The second-order valence-corrected chi connectivity index (χ2v) is 2.77. The third-order valence-corrected chi connectivity index (χ3v) is 1.50. The summed E-state index contributed by atoms with van der Waals surface area (Å²) in [7, 11) is 0. The number of hydrogen-bond donors (Lipinski definition) is 0. The second-order valence-electron chi connectivity index (χ2n) is 2.34.